The molecule has 1 fully saturated rings. The van der Waals surface area contributed by atoms with Crippen molar-refractivity contribution >= 4 is 10.2 Å². The average Bonchev–Trinajstić information content (AvgIpc) is 2.65. The predicted octanol–water partition coefficient (Wildman–Crippen LogP) is 0.183. The van der Waals surface area contributed by atoms with Crippen LogP contribution in [-0.4, -0.2) is 32.4 Å². The monoisotopic (exact) mass is 192 g/mol. The smallest absolute Gasteiger partial charge is 0.202 e. The van der Waals surface area contributed by atoms with Gasteiger partial charge in [-0.2, -0.15) is 12.7 Å². The topological polar surface area (TPSA) is 49.2 Å². The fourth-order valence-corrected chi connectivity index (χ4v) is 1.97. The largest absolute Gasteiger partial charge is 0.279 e. The highest BCUT2D eigenvalue weighted by atomic mass is 32.2. The summed E-state index contributed by atoms with van der Waals surface area (Å²) in [5.74, 6) is 0.543. The molecule has 1 rings (SSSR count). The van der Waals surface area contributed by atoms with Gasteiger partial charge in [-0.1, -0.05) is 13.8 Å². The molecule has 0 radical (unpaired) electrons. The third-order valence-electron chi connectivity index (χ3n) is 1.75. The second-order valence-electron chi connectivity index (χ2n) is 3.48. The molecule has 0 aromatic carbocycles. The molecule has 0 atom stereocenters. The zero-order valence-electron chi connectivity index (χ0n) is 7.58. The van der Waals surface area contributed by atoms with Crippen molar-refractivity contribution < 1.29 is 8.42 Å². The van der Waals surface area contributed by atoms with Crippen LogP contribution in [0.4, 0.5) is 0 Å². The maximum Gasteiger partial charge on any atom is 0.279 e. The zero-order chi connectivity index (χ0) is 9.19. The minimum atomic E-state index is -3.10. The summed E-state index contributed by atoms with van der Waals surface area (Å²) in [6.45, 7) is 6.06. The Balaban J connectivity index is 2.21. The zero-order valence-corrected chi connectivity index (χ0v) is 8.39. The Morgan fingerprint density at radius 3 is 2.42 bits per heavy atom. The molecule has 12 heavy (non-hydrogen) atoms. The van der Waals surface area contributed by atoms with Crippen LogP contribution >= 0.6 is 0 Å². The van der Waals surface area contributed by atoms with Crippen molar-refractivity contribution in [3.05, 3.63) is 0 Å². The van der Waals surface area contributed by atoms with Gasteiger partial charge in [-0.3, -0.25) is 0 Å². The molecule has 0 aromatic rings. The lowest BCUT2D eigenvalue weighted by Crippen LogP contribution is -2.31. The standard InChI is InChI=1S/C7H16N2O2S/c1-7(2)3-4-8-12(10,11)9-5-6-9/h7-8H,3-6H2,1-2H3. The first-order valence-electron chi connectivity index (χ1n) is 4.27. The van der Waals surface area contributed by atoms with Crippen molar-refractivity contribution in [1.82, 2.24) is 9.03 Å². The number of nitrogens with zero attached hydrogens (tertiary/aromatic N) is 1. The highest BCUT2D eigenvalue weighted by molar-refractivity contribution is 7.87. The third-order valence-corrected chi connectivity index (χ3v) is 3.37. The van der Waals surface area contributed by atoms with Gasteiger partial charge in [0.2, 0.25) is 0 Å². The molecule has 5 heteroatoms. The highest BCUT2D eigenvalue weighted by Crippen LogP contribution is 2.09. The normalized spacial score (nSPS) is 18.6. The van der Waals surface area contributed by atoms with Crippen molar-refractivity contribution in [2.45, 2.75) is 20.3 Å². The van der Waals surface area contributed by atoms with Gasteiger partial charge < -0.3 is 0 Å². The van der Waals surface area contributed by atoms with Crippen LogP contribution in [0.15, 0.2) is 0 Å². The van der Waals surface area contributed by atoms with Crippen LogP contribution < -0.4 is 4.72 Å². The van der Waals surface area contributed by atoms with Gasteiger partial charge >= 0.3 is 0 Å². The molecule has 72 valence electrons. The quantitative estimate of drug-likeness (QED) is 0.632. The van der Waals surface area contributed by atoms with Crippen LogP contribution in [0.3, 0.4) is 0 Å². The van der Waals surface area contributed by atoms with E-state index in [0.717, 1.165) is 6.42 Å². The Morgan fingerprint density at radius 1 is 1.42 bits per heavy atom. The second-order valence-corrected chi connectivity index (χ2v) is 5.24. The van der Waals surface area contributed by atoms with E-state index in [-0.39, 0.29) is 0 Å². The van der Waals surface area contributed by atoms with E-state index in [0.29, 0.717) is 25.6 Å². The van der Waals surface area contributed by atoms with Crippen LogP contribution in [0, 0.1) is 5.92 Å². The highest BCUT2D eigenvalue weighted by Gasteiger charge is 2.30. The summed E-state index contributed by atoms with van der Waals surface area (Å²) < 4.78 is 26.4. The van der Waals surface area contributed by atoms with E-state index >= 15 is 0 Å². The van der Waals surface area contributed by atoms with Crippen molar-refractivity contribution in [3.8, 4) is 0 Å². The second kappa shape index (κ2) is 3.72. The fourth-order valence-electron chi connectivity index (χ4n) is 0.849. The van der Waals surface area contributed by atoms with Crippen LogP contribution in [-0.2, 0) is 10.2 Å². The van der Waals surface area contributed by atoms with Crippen LogP contribution in [0.25, 0.3) is 0 Å². The van der Waals surface area contributed by atoms with E-state index < -0.39 is 10.2 Å². The fraction of sp³-hybridized carbons (Fsp3) is 1.00. The average molecular weight is 192 g/mol. The first-order chi connectivity index (χ1) is 5.52. The Morgan fingerprint density at radius 2 is 2.00 bits per heavy atom. The van der Waals surface area contributed by atoms with Crippen molar-refractivity contribution in [2.75, 3.05) is 19.6 Å². The molecule has 0 aromatic heterocycles. The molecule has 1 saturated heterocycles. The molecule has 1 aliphatic heterocycles. The van der Waals surface area contributed by atoms with Crippen molar-refractivity contribution in [2.24, 2.45) is 5.92 Å². The van der Waals surface area contributed by atoms with E-state index in [1.807, 2.05) is 0 Å². The maximum atomic E-state index is 11.2. The van der Waals surface area contributed by atoms with E-state index in [1.165, 1.54) is 4.31 Å². The molecule has 0 bridgehead atoms. The molecule has 1 heterocycles. The molecular weight excluding hydrogens is 176 g/mol. The van der Waals surface area contributed by atoms with Crippen LogP contribution in [0.2, 0.25) is 0 Å². The molecule has 0 spiro atoms. The predicted molar refractivity (Wildman–Crippen MR) is 48.0 cm³/mol. The molecule has 0 amide bonds. The SMILES string of the molecule is CC(C)CCNS(=O)(=O)N1CC1. The van der Waals surface area contributed by atoms with Gasteiger partial charge in [-0.25, -0.2) is 4.72 Å². The summed E-state index contributed by atoms with van der Waals surface area (Å²) in [4.78, 5) is 0. The Labute approximate surface area is 74.1 Å². The Hall–Kier alpha value is -0.130. The molecular formula is C7H16N2O2S. The third kappa shape index (κ3) is 3.08. The lowest BCUT2D eigenvalue weighted by atomic mass is 10.1. The van der Waals surface area contributed by atoms with E-state index in [1.54, 1.807) is 0 Å². The van der Waals surface area contributed by atoms with Gasteiger partial charge in [0.15, 0.2) is 0 Å². The lowest BCUT2D eigenvalue weighted by Gasteiger charge is -2.07. The summed E-state index contributed by atoms with van der Waals surface area (Å²) in [7, 11) is -3.10. The number of hydrogen-bond donors (Lipinski definition) is 1. The van der Waals surface area contributed by atoms with E-state index in [9.17, 15) is 8.42 Å². The van der Waals surface area contributed by atoms with Crippen molar-refractivity contribution in [1.29, 1.82) is 0 Å². The van der Waals surface area contributed by atoms with E-state index in [4.69, 9.17) is 0 Å². The minimum Gasteiger partial charge on any atom is -0.202 e. The van der Waals surface area contributed by atoms with Crippen LogP contribution in [0.5, 0.6) is 0 Å². The van der Waals surface area contributed by atoms with E-state index in [2.05, 4.69) is 18.6 Å². The van der Waals surface area contributed by atoms with Crippen molar-refractivity contribution in [3.63, 3.8) is 0 Å². The first-order valence-corrected chi connectivity index (χ1v) is 5.71. The summed E-state index contributed by atoms with van der Waals surface area (Å²) in [6.07, 6.45) is 0.896. The Bertz CT molecular complexity index is 232. The molecule has 0 unspecified atom stereocenters. The molecule has 1 aliphatic rings. The van der Waals surface area contributed by atoms with Gasteiger partial charge in [0.05, 0.1) is 0 Å². The van der Waals surface area contributed by atoms with Gasteiger partial charge in [-0.05, 0) is 12.3 Å². The summed E-state index contributed by atoms with van der Waals surface area (Å²) in [5, 5.41) is 0. The summed E-state index contributed by atoms with van der Waals surface area (Å²) in [5.41, 5.74) is 0. The molecule has 0 aliphatic carbocycles. The van der Waals surface area contributed by atoms with Gasteiger partial charge in [-0.15, -0.1) is 0 Å². The maximum absolute atomic E-state index is 11.2. The number of nitrogens with one attached hydrogen (secondary N) is 1. The lowest BCUT2D eigenvalue weighted by molar-refractivity contribution is 0.528. The number of rotatable bonds is 5. The summed E-state index contributed by atoms with van der Waals surface area (Å²) in [6, 6.07) is 0. The van der Waals surface area contributed by atoms with Gasteiger partial charge in [0.25, 0.3) is 10.2 Å². The van der Waals surface area contributed by atoms with Crippen LogP contribution in [0.1, 0.15) is 20.3 Å². The Kier molecular flexibility index (Phi) is 3.09. The number of hydrogen-bond acceptors (Lipinski definition) is 2. The summed E-state index contributed by atoms with van der Waals surface area (Å²) >= 11 is 0. The molecule has 0 saturated carbocycles. The molecule has 1 N–H and O–H groups in total. The van der Waals surface area contributed by atoms with Gasteiger partial charge in [0.1, 0.15) is 0 Å². The minimum absolute atomic E-state index is 0.543. The molecule has 4 nitrogen and oxygen atoms in total. The van der Waals surface area contributed by atoms with Gasteiger partial charge in [0, 0.05) is 19.6 Å². The first kappa shape index (κ1) is 9.95.